The molecule has 2 aliphatic rings. The molecule has 1 aliphatic heterocycles. The van der Waals surface area contributed by atoms with E-state index < -0.39 is 0 Å². The first-order valence-corrected chi connectivity index (χ1v) is 18.9. The maximum Gasteiger partial charge on any atom is 0.163 e. The van der Waals surface area contributed by atoms with Crippen molar-refractivity contribution in [2.24, 2.45) is 5.92 Å². The summed E-state index contributed by atoms with van der Waals surface area (Å²) in [6.07, 6.45) is 4.79. The molecular formula is C46H31N3S2. The lowest BCUT2D eigenvalue weighted by atomic mass is 9.89. The number of nitrogens with zero attached hydrogens (tertiary/aromatic N) is 3. The molecule has 1 aromatic heterocycles. The summed E-state index contributed by atoms with van der Waals surface area (Å²) in [5.41, 5.74) is 4.31. The zero-order chi connectivity index (χ0) is 33.9. The molecule has 7 aromatic carbocycles. The van der Waals surface area contributed by atoms with Gasteiger partial charge in [-0.2, -0.15) is 0 Å². The molecule has 0 fully saturated rings. The van der Waals surface area contributed by atoms with Crippen molar-refractivity contribution in [3.8, 4) is 33.9 Å². The highest BCUT2D eigenvalue weighted by atomic mass is 32.2. The molecule has 5 heteroatoms. The third-order valence-electron chi connectivity index (χ3n) is 10.0. The normalized spacial score (nSPS) is 16.8. The number of benzene rings is 7. The van der Waals surface area contributed by atoms with Gasteiger partial charge in [0.15, 0.2) is 11.6 Å². The lowest BCUT2D eigenvalue weighted by molar-refractivity contribution is 0.598. The van der Waals surface area contributed by atoms with E-state index in [1.807, 2.05) is 29.6 Å². The van der Waals surface area contributed by atoms with Gasteiger partial charge in [0, 0.05) is 36.6 Å². The average Bonchev–Trinajstić information content (AvgIpc) is 3.20. The van der Waals surface area contributed by atoms with E-state index in [4.69, 9.17) is 15.0 Å². The summed E-state index contributed by atoms with van der Waals surface area (Å²) in [5, 5.41) is 7.44. The maximum absolute atomic E-state index is 5.29. The first-order chi connectivity index (χ1) is 25.2. The van der Waals surface area contributed by atoms with Crippen LogP contribution in [-0.4, -0.2) is 15.0 Å². The molecule has 0 N–H and O–H groups in total. The number of thioether (sulfide) groups is 2. The van der Waals surface area contributed by atoms with E-state index in [0.29, 0.717) is 11.6 Å². The average molecular weight is 690 g/mol. The molecule has 0 saturated heterocycles. The van der Waals surface area contributed by atoms with Crippen molar-refractivity contribution in [2.45, 2.75) is 22.6 Å². The summed E-state index contributed by atoms with van der Waals surface area (Å²) in [7, 11) is 0. The lowest BCUT2D eigenvalue weighted by Crippen LogP contribution is -2.16. The van der Waals surface area contributed by atoms with Crippen LogP contribution >= 0.6 is 23.5 Å². The fourth-order valence-electron chi connectivity index (χ4n) is 7.44. The van der Waals surface area contributed by atoms with E-state index in [-0.39, 0.29) is 11.8 Å². The minimum absolute atomic E-state index is 0.0106. The van der Waals surface area contributed by atoms with Gasteiger partial charge in [0.1, 0.15) is 5.82 Å². The van der Waals surface area contributed by atoms with Crippen LogP contribution in [0.4, 0.5) is 0 Å². The maximum atomic E-state index is 5.29. The molecule has 3 nitrogen and oxygen atoms in total. The molecule has 1 aliphatic carbocycles. The molecule has 0 saturated carbocycles. The van der Waals surface area contributed by atoms with Crippen LogP contribution in [0.1, 0.15) is 18.7 Å². The molecule has 8 aromatic rings. The summed E-state index contributed by atoms with van der Waals surface area (Å²) in [4.78, 5) is 20.9. The minimum Gasteiger partial charge on any atom is -0.212 e. The van der Waals surface area contributed by atoms with E-state index in [1.165, 1.54) is 57.5 Å². The second kappa shape index (κ2) is 12.4. The zero-order valence-corrected chi connectivity index (χ0v) is 29.5. The Morgan fingerprint density at radius 3 is 1.53 bits per heavy atom. The van der Waals surface area contributed by atoms with Crippen molar-refractivity contribution in [2.75, 3.05) is 0 Å². The van der Waals surface area contributed by atoms with Crippen LogP contribution in [-0.2, 0) is 0 Å². The Morgan fingerprint density at radius 2 is 0.882 bits per heavy atom. The SMILES string of the molecule is CC1C=C2Sc3ccccc3SC2=CC1c1nc(-c2ccc(-c3ccccc3)cc2)nc(-c2ccc3c4ccccc4c4ccccc4c3c2)n1. The van der Waals surface area contributed by atoms with Gasteiger partial charge in [0.25, 0.3) is 0 Å². The quantitative estimate of drug-likeness (QED) is 0.172. The topological polar surface area (TPSA) is 38.7 Å². The number of hydrogen-bond acceptors (Lipinski definition) is 5. The van der Waals surface area contributed by atoms with Gasteiger partial charge in [-0.15, -0.1) is 0 Å². The van der Waals surface area contributed by atoms with E-state index in [9.17, 15) is 0 Å². The fourth-order valence-corrected chi connectivity index (χ4v) is 9.88. The van der Waals surface area contributed by atoms with Gasteiger partial charge in [-0.3, -0.25) is 0 Å². The Kier molecular flexibility index (Phi) is 7.36. The largest absolute Gasteiger partial charge is 0.212 e. The van der Waals surface area contributed by atoms with Gasteiger partial charge >= 0.3 is 0 Å². The Hall–Kier alpha value is -5.49. The van der Waals surface area contributed by atoms with Crippen molar-refractivity contribution < 1.29 is 0 Å². The second-order valence-electron chi connectivity index (χ2n) is 13.2. The van der Waals surface area contributed by atoms with Crippen LogP contribution < -0.4 is 0 Å². The van der Waals surface area contributed by atoms with E-state index in [2.05, 4.69) is 159 Å². The number of fused-ring (bicyclic) bond motifs is 8. The molecule has 0 radical (unpaired) electrons. The van der Waals surface area contributed by atoms with Crippen molar-refractivity contribution in [3.63, 3.8) is 0 Å². The number of allylic oxidation sites excluding steroid dienone is 2. The molecular weight excluding hydrogens is 659 g/mol. The van der Waals surface area contributed by atoms with Gasteiger partial charge < -0.3 is 0 Å². The molecule has 2 atom stereocenters. The first kappa shape index (κ1) is 30.3. The van der Waals surface area contributed by atoms with E-state index >= 15 is 0 Å². The van der Waals surface area contributed by atoms with Gasteiger partial charge in [-0.1, -0.05) is 170 Å². The van der Waals surface area contributed by atoms with Crippen LogP contribution in [0.15, 0.2) is 177 Å². The summed E-state index contributed by atoms with van der Waals surface area (Å²) >= 11 is 3.71. The Bertz CT molecular complexity index is 2680. The summed E-state index contributed by atoms with van der Waals surface area (Å²) in [5.74, 6) is 2.41. The Labute approximate surface area is 305 Å². The third kappa shape index (κ3) is 5.36. The highest BCUT2D eigenvalue weighted by Crippen LogP contribution is 2.53. The van der Waals surface area contributed by atoms with Gasteiger partial charge in [0.05, 0.1) is 0 Å². The Morgan fingerprint density at radius 1 is 0.412 bits per heavy atom. The van der Waals surface area contributed by atoms with Crippen LogP contribution in [0, 0.1) is 5.92 Å². The van der Waals surface area contributed by atoms with E-state index in [1.54, 1.807) is 0 Å². The van der Waals surface area contributed by atoms with Crippen molar-refractivity contribution in [1.82, 2.24) is 15.0 Å². The monoisotopic (exact) mass is 689 g/mol. The minimum atomic E-state index is 0.0106. The van der Waals surface area contributed by atoms with Crippen LogP contribution in [0.3, 0.4) is 0 Å². The predicted molar refractivity (Wildman–Crippen MR) is 215 cm³/mol. The second-order valence-corrected chi connectivity index (χ2v) is 15.4. The van der Waals surface area contributed by atoms with Crippen molar-refractivity contribution >= 4 is 55.8 Å². The van der Waals surface area contributed by atoms with Crippen LogP contribution in [0.2, 0.25) is 0 Å². The molecule has 0 bridgehead atoms. The number of aromatic nitrogens is 3. The van der Waals surface area contributed by atoms with E-state index in [0.717, 1.165) is 22.5 Å². The third-order valence-corrected chi connectivity index (χ3v) is 12.6. The summed E-state index contributed by atoms with van der Waals surface area (Å²) in [6.45, 7) is 2.28. The molecule has 51 heavy (non-hydrogen) atoms. The number of hydrogen-bond donors (Lipinski definition) is 0. The van der Waals surface area contributed by atoms with Crippen LogP contribution in [0.5, 0.6) is 0 Å². The lowest BCUT2D eigenvalue weighted by Gasteiger charge is -2.29. The van der Waals surface area contributed by atoms with Crippen molar-refractivity contribution in [3.05, 3.63) is 173 Å². The van der Waals surface area contributed by atoms with Crippen molar-refractivity contribution in [1.29, 1.82) is 0 Å². The molecule has 0 spiro atoms. The molecule has 0 amide bonds. The van der Waals surface area contributed by atoms with Gasteiger partial charge in [0.2, 0.25) is 0 Å². The summed E-state index contributed by atoms with van der Waals surface area (Å²) < 4.78 is 0. The molecule has 2 unspecified atom stereocenters. The number of rotatable bonds is 4. The highest BCUT2D eigenvalue weighted by molar-refractivity contribution is 8.11. The zero-order valence-electron chi connectivity index (χ0n) is 27.8. The van der Waals surface area contributed by atoms with Gasteiger partial charge in [-0.05, 0) is 67.6 Å². The Balaban J connectivity index is 1.14. The molecule has 2 heterocycles. The fraction of sp³-hybridized carbons (Fsp3) is 0.0652. The predicted octanol–water partition coefficient (Wildman–Crippen LogP) is 12.7. The smallest absolute Gasteiger partial charge is 0.163 e. The standard InChI is InChI=1S/C46H31N3S2/c1-28-25-42-43(51-41-18-10-9-17-40(41)50-42)27-38(28)46-48-44(31-21-19-30(20-22-31)29-11-3-2-4-12-29)47-45(49-46)32-23-24-37-35-15-6-5-13-33(35)34-14-7-8-16-36(34)39(37)26-32/h2-28,38H,1H3. The first-order valence-electron chi connectivity index (χ1n) is 17.3. The van der Waals surface area contributed by atoms with Gasteiger partial charge in [-0.25, -0.2) is 15.0 Å². The molecule has 242 valence electrons. The van der Waals surface area contributed by atoms with Crippen LogP contribution in [0.25, 0.3) is 66.2 Å². The highest BCUT2D eigenvalue weighted by Gasteiger charge is 2.30. The molecule has 10 rings (SSSR count). The summed E-state index contributed by atoms with van der Waals surface area (Å²) in [6, 6.07) is 51.8.